The van der Waals surface area contributed by atoms with Crippen molar-refractivity contribution in [3.05, 3.63) is 83.9 Å². The van der Waals surface area contributed by atoms with E-state index in [9.17, 15) is 9.59 Å². The Morgan fingerprint density at radius 3 is 2.52 bits per heavy atom. The summed E-state index contributed by atoms with van der Waals surface area (Å²) in [4.78, 5) is 28.0. The molecule has 6 heteroatoms. The summed E-state index contributed by atoms with van der Waals surface area (Å²) in [5.74, 6) is -0.561. The first-order chi connectivity index (χ1) is 13.2. The molecular formula is C21H18N2O4. The monoisotopic (exact) mass is 362 g/mol. The van der Waals surface area contributed by atoms with Crippen molar-refractivity contribution in [3.63, 3.8) is 0 Å². The first-order valence-corrected chi connectivity index (χ1v) is 8.38. The predicted molar refractivity (Wildman–Crippen MR) is 102 cm³/mol. The lowest BCUT2D eigenvalue weighted by molar-refractivity contribution is -0.143. The van der Waals surface area contributed by atoms with Crippen molar-refractivity contribution in [1.29, 1.82) is 0 Å². The molecule has 136 valence electrons. The van der Waals surface area contributed by atoms with E-state index in [-0.39, 0.29) is 13.2 Å². The Morgan fingerprint density at radius 2 is 1.67 bits per heavy atom. The SMILES string of the molecule is O=C(CNC(=O)O/N=C/c1cccc2ccccc12)OCc1ccccc1. The summed E-state index contributed by atoms with van der Waals surface area (Å²) < 4.78 is 5.05. The van der Waals surface area contributed by atoms with Crippen LogP contribution in [0.4, 0.5) is 4.79 Å². The van der Waals surface area contributed by atoms with Gasteiger partial charge in [0.2, 0.25) is 0 Å². The Morgan fingerprint density at radius 1 is 0.926 bits per heavy atom. The first-order valence-electron chi connectivity index (χ1n) is 8.38. The minimum atomic E-state index is -0.830. The van der Waals surface area contributed by atoms with Crippen LogP contribution in [0.25, 0.3) is 10.8 Å². The molecular weight excluding hydrogens is 344 g/mol. The molecule has 0 saturated carbocycles. The molecule has 0 spiro atoms. The summed E-state index contributed by atoms with van der Waals surface area (Å²) in [6.45, 7) is -0.148. The van der Waals surface area contributed by atoms with Crippen LogP contribution in [0.1, 0.15) is 11.1 Å². The average molecular weight is 362 g/mol. The van der Waals surface area contributed by atoms with Crippen LogP contribution >= 0.6 is 0 Å². The molecule has 0 bridgehead atoms. The Kier molecular flexibility index (Phi) is 6.14. The average Bonchev–Trinajstić information content (AvgIpc) is 2.71. The normalized spacial score (nSPS) is 10.7. The van der Waals surface area contributed by atoms with Crippen LogP contribution in [0.3, 0.4) is 0 Å². The van der Waals surface area contributed by atoms with Gasteiger partial charge in [0.05, 0.1) is 6.21 Å². The number of esters is 1. The van der Waals surface area contributed by atoms with Gasteiger partial charge in [0.1, 0.15) is 13.2 Å². The Balaban J connectivity index is 1.44. The molecule has 3 rings (SSSR count). The Bertz CT molecular complexity index is 949. The highest BCUT2D eigenvalue weighted by Gasteiger charge is 2.07. The van der Waals surface area contributed by atoms with Gasteiger partial charge in [-0.1, -0.05) is 78.0 Å². The van der Waals surface area contributed by atoms with Gasteiger partial charge in [-0.25, -0.2) is 4.79 Å². The van der Waals surface area contributed by atoms with Crippen molar-refractivity contribution in [2.24, 2.45) is 5.16 Å². The number of hydrogen-bond acceptors (Lipinski definition) is 5. The molecule has 0 heterocycles. The van der Waals surface area contributed by atoms with Gasteiger partial charge in [-0.15, -0.1) is 0 Å². The number of ether oxygens (including phenoxy) is 1. The molecule has 1 amide bonds. The molecule has 0 aromatic heterocycles. The number of benzene rings is 3. The second-order valence-corrected chi connectivity index (χ2v) is 5.68. The van der Waals surface area contributed by atoms with Crippen molar-refractivity contribution in [1.82, 2.24) is 5.32 Å². The lowest BCUT2D eigenvalue weighted by Gasteiger charge is -2.05. The Hall–Kier alpha value is -3.67. The van der Waals surface area contributed by atoms with E-state index in [1.165, 1.54) is 6.21 Å². The van der Waals surface area contributed by atoms with E-state index in [1.54, 1.807) is 0 Å². The lowest BCUT2D eigenvalue weighted by Crippen LogP contribution is -2.30. The largest absolute Gasteiger partial charge is 0.460 e. The van der Waals surface area contributed by atoms with Crippen molar-refractivity contribution in [2.75, 3.05) is 6.54 Å². The van der Waals surface area contributed by atoms with Gasteiger partial charge in [-0.3, -0.25) is 9.63 Å². The smallest absolute Gasteiger partial charge is 0.433 e. The van der Waals surface area contributed by atoms with Gasteiger partial charge in [-0.2, -0.15) is 0 Å². The fraction of sp³-hybridized carbons (Fsp3) is 0.0952. The highest BCUT2D eigenvalue weighted by atomic mass is 16.7. The van der Waals surface area contributed by atoms with Crippen LogP contribution < -0.4 is 5.32 Å². The van der Waals surface area contributed by atoms with Crippen LogP contribution in [0.2, 0.25) is 0 Å². The third-order valence-corrected chi connectivity index (χ3v) is 3.77. The van der Waals surface area contributed by atoms with Crippen molar-refractivity contribution in [3.8, 4) is 0 Å². The van der Waals surface area contributed by atoms with Gasteiger partial charge in [0.25, 0.3) is 0 Å². The number of rotatable bonds is 6. The maximum Gasteiger partial charge on any atom is 0.433 e. The van der Waals surface area contributed by atoms with Crippen LogP contribution in [-0.4, -0.2) is 24.8 Å². The summed E-state index contributed by atoms with van der Waals surface area (Å²) in [7, 11) is 0. The van der Waals surface area contributed by atoms with Crippen LogP contribution in [-0.2, 0) is 21.0 Å². The van der Waals surface area contributed by atoms with E-state index in [1.807, 2.05) is 72.8 Å². The number of nitrogens with one attached hydrogen (secondary N) is 1. The summed E-state index contributed by atoms with van der Waals surface area (Å²) in [6.07, 6.45) is 0.624. The van der Waals surface area contributed by atoms with E-state index in [0.717, 1.165) is 21.9 Å². The van der Waals surface area contributed by atoms with E-state index >= 15 is 0 Å². The van der Waals surface area contributed by atoms with Gasteiger partial charge in [-0.05, 0) is 16.3 Å². The molecule has 0 unspecified atom stereocenters. The highest BCUT2D eigenvalue weighted by Crippen LogP contribution is 2.16. The zero-order valence-electron chi connectivity index (χ0n) is 14.5. The van der Waals surface area contributed by atoms with Crippen LogP contribution in [0, 0.1) is 0 Å². The van der Waals surface area contributed by atoms with E-state index in [4.69, 9.17) is 9.57 Å². The third-order valence-electron chi connectivity index (χ3n) is 3.77. The minimum absolute atomic E-state index is 0.148. The zero-order valence-corrected chi connectivity index (χ0v) is 14.5. The molecule has 0 fully saturated rings. The summed E-state index contributed by atoms with van der Waals surface area (Å²) in [5, 5.41) is 8.03. The quantitative estimate of drug-likeness (QED) is 0.314. The second-order valence-electron chi connectivity index (χ2n) is 5.68. The molecule has 3 aromatic carbocycles. The molecule has 1 N–H and O–H groups in total. The second kappa shape index (κ2) is 9.15. The van der Waals surface area contributed by atoms with Crippen molar-refractivity contribution < 1.29 is 19.2 Å². The van der Waals surface area contributed by atoms with E-state index in [0.29, 0.717) is 0 Å². The fourth-order valence-corrected chi connectivity index (χ4v) is 2.46. The first kappa shape index (κ1) is 18.1. The minimum Gasteiger partial charge on any atom is -0.460 e. The predicted octanol–water partition coefficient (Wildman–Crippen LogP) is 3.64. The van der Waals surface area contributed by atoms with Crippen LogP contribution in [0.15, 0.2) is 78.0 Å². The summed E-state index contributed by atoms with van der Waals surface area (Å²) >= 11 is 0. The molecule has 6 nitrogen and oxygen atoms in total. The maximum atomic E-state index is 11.6. The number of fused-ring (bicyclic) bond motifs is 1. The van der Waals surface area contributed by atoms with Gasteiger partial charge in [0, 0.05) is 5.56 Å². The highest BCUT2D eigenvalue weighted by molar-refractivity contribution is 5.99. The summed E-state index contributed by atoms with van der Waals surface area (Å²) in [6, 6.07) is 22.8. The topological polar surface area (TPSA) is 77.0 Å². The standard InChI is InChI=1S/C21H18N2O4/c24-20(26-15-16-7-2-1-3-8-16)14-22-21(25)27-23-13-18-11-6-10-17-9-4-5-12-19(17)18/h1-13H,14-15H2,(H,22,25)/b23-13+. The Labute approximate surface area is 156 Å². The van der Waals surface area contributed by atoms with E-state index in [2.05, 4.69) is 10.5 Å². The molecule has 3 aromatic rings. The molecule has 0 aliphatic heterocycles. The number of amides is 1. The third kappa shape index (κ3) is 5.40. The molecule has 0 radical (unpaired) electrons. The number of hydrogen-bond donors (Lipinski definition) is 1. The lowest BCUT2D eigenvalue weighted by atomic mass is 10.1. The summed E-state index contributed by atoms with van der Waals surface area (Å²) in [5.41, 5.74) is 1.69. The van der Waals surface area contributed by atoms with Gasteiger partial charge < -0.3 is 10.1 Å². The van der Waals surface area contributed by atoms with Crippen molar-refractivity contribution >= 4 is 29.0 Å². The molecule has 0 atom stereocenters. The zero-order chi connectivity index (χ0) is 18.9. The van der Waals surface area contributed by atoms with Crippen molar-refractivity contribution in [2.45, 2.75) is 6.61 Å². The van der Waals surface area contributed by atoms with Crippen LogP contribution in [0.5, 0.6) is 0 Å². The molecule has 0 saturated heterocycles. The van der Waals surface area contributed by atoms with Gasteiger partial charge in [0.15, 0.2) is 0 Å². The maximum absolute atomic E-state index is 11.6. The molecule has 0 aliphatic carbocycles. The number of carbonyl (C=O) groups is 2. The number of oxime groups is 1. The van der Waals surface area contributed by atoms with Gasteiger partial charge >= 0.3 is 12.1 Å². The van der Waals surface area contributed by atoms with E-state index < -0.39 is 12.1 Å². The number of carbonyl (C=O) groups excluding carboxylic acids is 2. The fourth-order valence-electron chi connectivity index (χ4n) is 2.46. The number of nitrogens with zero attached hydrogens (tertiary/aromatic N) is 1. The molecule has 0 aliphatic rings. The molecule has 27 heavy (non-hydrogen) atoms.